The Hall–Kier alpha value is -0.950. The van der Waals surface area contributed by atoms with Gasteiger partial charge in [-0.2, -0.15) is 8.42 Å². The molecule has 0 aliphatic carbocycles. The van der Waals surface area contributed by atoms with Gasteiger partial charge in [-0.05, 0) is 19.1 Å². The van der Waals surface area contributed by atoms with Gasteiger partial charge in [0.25, 0.3) is 10.1 Å². The van der Waals surface area contributed by atoms with Crippen LogP contribution < -0.4 is 10.3 Å². The van der Waals surface area contributed by atoms with Crippen molar-refractivity contribution in [3.8, 4) is 0 Å². The van der Waals surface area contributed by atoms with Gasteiger partial charge in [0.2, 0.25) is 0 Å². The van der Waals surface area contributed by atoms with Crippen molar-refractivity contribution < 1.29 is 23.1 Å². The number of hydrogen-bond donors (Lipinski definition) is 4. The number of nitrogens with zero attached hydrogens (tertiary/aromatic N) is 3. The maximum absolute atomic E-state index is 11.0. The fourth-order valence-corrected chi connectivity index (χ4v) is 2.94. The molecule has 0 saturated carbocycles. The van der Waals surface area contributed by atoms with E-state index >= 15 is 0 Å². The van der Waals surface area contributed by atoms with E-state index in [0.717, 1.165) is 6.20 Å². The molecule has 0 spiro atoms. The summed E-state index contributed by atoms with van der Waals surface area (Å²) < 4.78 is 30.9. The van der Waals surface area contributed by atoms with Gasteiger partial charge in [0, 0.05) is 6.54 Å². The predicted molar refractivity (Wildman–Crippen MR) is 77.2 cm³/mol. The molecule has 0 aromatic carbocycles. The first-order chi connectivity index (χ1) is 9.84. The van der Waals surface area contributed by atoms with Crippen molar-refractivity contribution in [2.24, 2.45) is 0 Å². The number of anilines is 1. The Morgan fingerprint density at radius 1 is 1.52 bits per heavy atom. The quantitative estimate of drug-likeness (QED) is 0.255. The van der Waals surface area contributed by atoms with Crippen LogP contribution in [0.5, 0.6) is 0 Å². The van der Waals surface area contributed by atoms with E-state index in [1.807, 2.05) is 6.92 Å². The maximum Gasteiger partial charge on any atom is 0.296 e. The van der Waals surface area contributed by atoms with Crippen LogP contribution in [0.4, 0.5) is 5.82 Å². The summed E-state index contributed by atoms with van der Waals surface area (Å²) in [4.78, 5) is 9.61. The van der Waals surface area contributed by atoms with Crippen molar-refractivity contribution in [1.29, 1.82) is 0 Å². The molecule has 2 heterocycles. The first-order valence-electron chi connectivity index (χ1n) is 6.03. The molecule has 118 valence electrons. The molecular weight excluding hydrogens is 320 g/mol. The lowest BCUT2D eigenvalue weighted by Crippen LogP contribution is -2.41. The molecule has 1 aromatic rings. The third-order valence-electron chi connectivity index (χ3n) is 3.11. The van der Waals surface area contributed by atoms with Crippen LogP contribution in [-0.4, -0.2) is 53.0 Å². The molecule has 1 aromatic heterocycles. The lowest BCUT2D eigenvalue weighted by molar-refractivity contribution is -0.245. The van der Waals surface area contributed by atoms with Crippen LogP contribution >= 0.6 is 12.6 Å². The normalized spacial score (nSPS) is 23.7. The molecule has 1 saturated heterocycles. The third kappa shape index (κ3) is 3.63. The van der Waals surface area contributed by atoms with Crippen LogP contribution in [0.25, 0.3) is 0 Å². The Morgan fingerprint density at radius 3 is 2.76 bits per heavy atom. The van der Waals surface area contributed by atoms with E-state index in [-0.39, 0.29) is 23.2 Å². The topological polar surface area (TPSA) is 115 Å². The van der Waals surface area contributed by atoms with Crippen LogP contribution in [0, 0.1) is 0 Å². The van der Waals surface area contributed by atoms with Gasteiger partial charge in [-0.25, -0.2) is 20.3 Å². The van der Waals surface area contributed by atoms with Crippen molar-refractivity contribution >= 4 is 28.6 Å². The fraction of sp³-hybridized carbons (Fsp3) is 0.500. The van der Waals surface area contributed by atoms with Crippen LogP contribution in [0.3, 0.4) is 0 Å². The largest absolute Gasteiger partial charge is 0.314 e. The monoisotopic (exact) mass is 336 g/mol. The summed E-state index contributed by atoms with van der Waals surface area (Å²) in [5.74, 6) is 0.495. The molecule has 0 amide bonds. The highest BCUT2D eigenvalue weighted by Gasteiger charge is 2.35. The molecule has 0 radical (unpaired) electrons. The lowest BCUT2D eigenvalue weighted by Gasteiger charge is -2.26. The highest BCUT2D eigenvalue weighted by Crippen LogP contribution is 2.25. The summed E-state index contributed by atoms with van der Waals surface area (Å²) in [6, 6.07) is 2.75. The Morgan fingerprint density at radius 2 is 2.24 bits per heavy atom. The summed E-state index contributed by atoms with van der Waals surface area (Å²) in [5, 5.41) is 10.2. The number of hydrogen-bond acceptors (Lipinski definition) is 9. The minimum absolute atomic E-state index is 0.126. The van der Waals surface area contributed by atoms with Crippen molar-refractivity contribution in [3.05, 3.63) is 18.3 Å². The van der Waals surface area contributed by atoms with E-state index in [4.69, 9.17) is 9.81 Å². The Balaban J connectivity index is 2.17. The van der Waals surface area contributed by atoms with E-state index in [0.29, 0.717) is 12.4 Å². The predicted octanol–water partition coefficient (Wildman–Crippen LogP) is 0.00390. The summed E-state index contributed by atoms with van der Waals surface area (Å²) in [5.41, 5.74) is 2.68. The van der Waals surface area contributed by atoms with Gasteiger partial charge in [-0.3, -0.25) is 9.81 Å². The molecular formula is C10H16N4O5S2. The maximum atomic E-state index is 11.0. The number of pyridine rings is 1. The molecule has 1 aliphatic rings. The van der Waals surface area contributed by atoms with Gasteiger partial charge in [0.1, 0.15) is 16.2 Å². The number of thiol groups is 1. The second-order valence-electron chi connectivity index (χ2n) is 4.40. The Kier molecular flexibility index (Phi) is 5.03. The van der Waals surface area contributed by atoms with Crippen molar-refractivity contribution in [2.45, 2.75) is 23.5 Å². The SMILES string of the molecule is CC1N(CCOO)NC(S)N1c1ccc(S(=O)(=O)O)cn1. The highest BCUT2D eigenvalue weighted by atomic mass is 32.2. The Labute approximate surface area is 127 Å². The van der Waals surface area contributed by atoms with Crippen LogP contribution in [0.1, 0.15) is 6.92 Å². The Bertz CT molecular complexity index is 582. The smallest absolute Gasteiger partial charge is 0.296 e. The molecule has 2 atom stereocenters. The van der Waals surface area contributed by atoms with Crippen LogP contribution in [0.15, 0.2) is 23.2 Å². The minimum Gasteiger partial charge on any atom is -0.314 e. The van der Waals surface area contributed by atoms with Crippen LogP contribution in [0.2, 0.25) is 0 Å². The molecule has 11 heteroatoms. The van der Waals surface area contributed by atoms with Gasteiger partial charge >= 0.3 is 0 Å². The van der Waals surface area contributed by atoms with Gasteiger partial charge in [0.05, 0.1) is 19.0 Å². The van der Waals surface area contributed by atoms with Gasteiger partial charge in [-0.1, -0.05) is 0 Å². The number of nitrogens with one attached hydrogen (secondary N) is 1. The minimum atomic E-state index is -4.26. The second-order valence-corrected chi connectivity index (χ2v) is 6.31. The summed E-state index contributed by atoms with van der Waals surface area (Å²) in [6.45, 7) is 2.44. The van der Waals surface area contributed by atoms with E-state index in [1.54, 1.807) is 9.91 Å². The third-order valence-corrected chi connectivity index (χ3v) is 4.31. The first kappa shape index (κ1) is 16.4. The molecule has 1 aliphatic heterocycles. The van der Waals surface area contributed by atoms with Crippen molar-refractivity contribution in [3.63, 3.8) is 0 Å². The molecule has 0 bridgehead atoms. The molecule has 21 heavy (non-hydrogen) atoms. The average molecular weight is 336 g/mol. The van der Waals surface area contributed by atoms with Crippen molar-refractivity contribution in [2.75, 3.05) is 18.1 Å². The summed E-state index contributed by atoms with van der Waals surface area (Å²) >= 11 is 4.38. The zero-order chi connectivity index (χ0) is 15.6. The van der Waals surface area contributed by atoms with Gasteiger partial charge in [0.15, 0.2) is 0 Å². The molecule has 9 nitrogen and oxygen atoms in total. The van der Waals surface area contributed by atoms with Gasteiger partial charge < -0.3 is 4.90 Å². The zero-order valence-corrected chi connectivity index (χ0v) is 12.8. The lowest BCUT2D eigenvalue weighted by atomic mass is 10.4. The molecule has 1 fully saturated rings. The van der Waals surface area contributed by atoms with Crippen molar-refractivity contribution in [1.82, 2.24) is 15.4 Å². The molecule has 2 rings (SSSR count). The average Bonchev–Trinajstić information content (AvgIpc) is 2.70. The second kappa shape index (κ2) is 6.44. The van der Waals surface area contributed by atoms with E-state index in [1.165, 1.54) is 12.1 Å². The highest BCUT2D eigenvalue weighted by molar-refractivity contribution is 7.85. The standard InChI is InChI=1S/C10H16N4O5S2/c1-7-13(4-5-19-15)12-10(20)14(7)9-3-2-8(6-11-9)21(16,17)18/h2-3,6-7,10,12,15,20H,4-5H2,1H3,(H,16,17,18). The molecule has 3 N–H and O–H groups in total. The fourth-order valence-electron chi connectivity index (χ4n) is 2.06. The summed E-state index contributed by atoms with van der Waals surface area (Å²) in [7, 11) is -4.26. The van der Waals surface area contributed by atoms with E-state index in [9.17, 15) is 8.42 Å². The zero-order valence-electron chi connectivity index (χ0n) is 11.1. The summed E-state index contributed by atoms with van der Waals surface area (Å²) in [6.07, 6.45) is 0.934. The number of aromatic nitrogens is 1. The van der Waals surface area contributed by atoms with E-state index < -0.39 is 10.1 Å². The van der Waals surface area contributed by atoms with Crippen LogP contribution in [-0.2, 0) is 15.0 Å². The van der Waals surface area contributed by atoms with Gasteiger partial charge in [-0.15, -0.1) is 12.6 Å². The number of hydrazine groups is 1. The molecule has 2 unspecified atom stereocenters. The number of rotatable bonds is 5. The first-order valence-corrected chi connectivity index (χ1v) is 7.99. The van der Waals surface area contributed by atoms with E-state index in [2.05, 4.69) is 27.9 Å².